The van der Waals surface area contributed by atoms with E-state index in [9.17, 15) is 14.4 Å². The number of carboxylic acids is 1. The van der Waals surface area contributed by atoms with Crippen molar-refractivity contribution in [3.05, 3.63) is 29.3 Å². The molecule has 0 spiro atoms. The molecule has 1 aromatic carbocycles. The molecule has 6 nitrogen and oxygen atoms in total. The van der Waals surface area contributed by atoms with E-state index < -0.39 is 17.8 Å². The molecule has 1 unspecified atom stereocenters. The fourth-order valence-corrected chi connectivity index (χ4v) is 2.16. The smallest absolute Gasteiger partial charge is 0.335 e. The molecule has 1 fully saturated rings. The van der Waals surface area contributed by atoms with Crippen LogP contribution >= 0.6 is 0 Å². The topological polar surface area (TPSA) is 101 Å². The van der Waals surface area contributed by atoms with Crippen LogP contribution in [-0.4, -0.2) is 29.4 Å². The molecular weight excluding hydrogens is 248 g/mol. The highest BCUT2D eigenvalue weighted by molar-refractivity contribution is 6.01. The number of carbonyl (C=O) groups is 3. The van der Waals surface area contributed by atoms with Crippen molar-refractivity contribution >= 4 is 23.5 Å². The lowest BCUT2D eigenvalue weighted by Crippen LogP contribution is -2.29. The lowest BCUT2D eigenvalue weighted by Gasteiger charge is -2.19. The second-order valence-corrected chi connectivity index (χ2v) is 4.61. The van der Waals surface area contributed by atoms with Crippen molar-refractivity contribution in [2.45, 2.75) is 13.3 Å². The second-order valence-electron chi connectivity index (χ2n) is 4.61. The molecule has 1 aliphatic rings. The molecule has 0 radical (unpaired) electrons. The summed E-state index contributed by atoms with van der Waals surface area (Å²) in [6.45, 7) is 1.99. The molecule has 1 heterocycles. The predicted molar refractivity (Wildman–Crippen MR) is 67.8 cm³/mol. The number of anilines is 1. The number of nitrogens with zero attached hydrogens (tertiary/aromatic N) is 1. The quantitative estimate of drug-likeness (QED) is 0.829. The normalized spacial score (nSPS) is 18.7. The van der Waals surface area contributed by atoms with Gasteiger partial charge in [-0.2, -0.15) is 0 Å². The van der Waals surface area contributed by atoms with Crippen LogP contribution < -0.4 is 10.6 Å². The summed E-state index contributed by atoms with van der Waals surface area (Å²) in [6, 6.07) is 4.57. The van der Waals surface area contributed by atoms with Gasteiger partial charge in [-0.15, -0.1) is 0 Å². The summed E-state index contributed by atoms with van der Waals surface area (Å²) in [5, 5.41) is 8.97. The Morgan fingerprint density at radius 3 is 2.63 bits per heavy atom. The van der Waals surface area contributed by atoms with Crippen LogP contribution in [0.5, 0.6) is 0 Å². The zero-order valence-electron chi connectivity index (χ0n) is 10.4. The average Bonchev–Trinajstić information content (AvgIpc) is 2.72. The number of amides is 2. The Bertz CT molecular complexity index is 568. The third kappa shape index (κ3) is 2.42. The highest BCUT2D eigenvalue weighted by atomic mass is 16.4. The minimum Gasteiger partial charge on any atom is -0.478 e. The molecule has 19 heavy (non-hydrogen) atoms. The lowest BCUT2D eigenvalue weighted by molar-refractivity contribution is -0.123. The average molecular weight is 262 g/mol. The summed E-state index contributed by atoms with van der Waals surface area (Å²) in [5.41, 5.74) is 6.61. The van der Waals surface area contributed by atoms with Crippen molar-refractivity contribution in [1.82, 2.24) is 0 Å². The first-order valence-corrected chi connectivity index (χ1v) is 5.83. The van der Waals surface area contributed by atoms with E-state index in [0.717, 1.165) is 5.56 Å². The Kier molecular flexibility index (Phi) is 3.25. The van der Waals surface area contributed by atoms with Crippen LogP contribution in [0.2, 0.25) is 0 Å². The summed E-state index contributed by atoms with van der Waals surface area (Å²) in [5.74, 6) is -2.29. The number of primary amides is 1. The van der Waals surface area contributed by atoms with Gasteiger partial charge in [0.15, 0.2) is 0 Å². The van der Waals surface area contributed by atoms with Crippen molar-refractivity contribution in [2.75, 3.05) is 11.4 Å². The Labute approximate surface area is 109 Å². The van der Waals surface area contributed by atoms with Crippen LogP contribution in [0.4, 0.5) is 5.69 Å². The molecule has 0 aromatic heterocycles. The molecule has 1 aromatic rings. The molecular formula is C13H14N2O4. The van der Waals surface area contributed by atoms with Crippen molar-refractivity contribution in [1.29, 1.82) is 0 Å². The van der Waals surface area contributed by atoms with Gasteiger partial charge in [-0.3, -0.25) is 9.59 Å². The molecule has 0 bridgehead atoms. The van der Waals surface area contributed by atoms with Gasteiger partial charge in [-0.25, -0.2) is 4.79 Å². The third-order valence-corrected chi connectivity index (χ3v) is 3.27. The van der Waals surface area contributed by atoms with Crippen LogP contribution in [0.1, 0.15) is 22.3 Å². The summed E-state index contributed by atoms with van der Waals surface area (Å²) in [7, 11) is 0. The van der Waals surface area contributed by atoms with E-state index in [4.69, 9.17) is 10.8 Å². The van der Waals surface area contributed by atoms with Gasteiger partial charge in [-0.05, 0) is 24.6 Å². The fraction of sp³-hybridized carbons (Fsp3) is 0.308. The van der Waals surface area contributed by atoms with E-state index in [0.29, 0.717) is 5.69 Å². The second kappa shape index (κ2) is 4.72. The van der Waals surface area contributed by atoms with E-state index in [-0.39, 0.29) is 24.4 Å². The Hall–Kier alpha value is -2.37. The van der Waals surface area contributed by atoms with Crippen LogP contribution in [0.3, 0.4) is 0 Å². The molecule has 2 rings (SSSR count). The molecule has 6 heteroatoms. The number of aromatic carboxylic acids is 1. The number of benzene rings is 1. The maximum Gasteiger partial charge on any atom is 0.335 e. The van der Waals surface area contributed by atoms with Gasteiger partial charge in [0.05, 0.1) is 11.5 Å². The number of rotatable bonds is 3. The molecule has 100 valence electrons. The summed E-state index contributed by atoms with van der Waals surface area (Å²) >= 11 is 0. The summed E-state index contributed by atoms with van der Waals surface area (Å²) < 4.78 is 0. The van der Waals surface area contributed by atoms with Crippen LogP contribution in [0.15, 0.2) is 18.2 Å². The van der Waals surface area contributed by atoms with E-state index in [2.05, 4.69) is 0 Å². The minimum absolute atomic E-state index is 0.0755. The van der Waals surface area contributed by atoms with Crippen molar-refractivity contribution in [3.8, 4) is 0 Å². The van der Waals surface area contributed by atoms with Gasteiger partial charge in [0.25, 0.3) is 0 Å². The zero-order valence-corrected chi connectivity index (χ0v) is 10.4. The van der Waals surface area contributed by atoms with Gasteiger partial charge < -0.3 is 15.7 Å². The lowest BCUT2D eigenvalue weighted by atomic mass is 10.1. The maximum atomic E-state index is 11.9. The number of nitrogens with two attached hydrogens (primary N) is 1. The van der Waals surface area contributed by atoms with Crippen molar-refractivity contribution in [3.63, 3.8) is 0 Å². The Morgan fingerprint density at radius 2 is 2.11 bits per heavy atom. The van der Waals surface area contributed by atoms with Gasteiger partial charge in [0.1, 0.15) is 0 Å². The van der Waals surface area contributed by atoms with Gasteiger partial charge in [0, 0.05) is 18.7 Å². The molecule has 0 aliphatic carbocycles. The molecule has 1 atom stereocenters. The van der Waals surface area contributed by atoms with Crippen molar-refractivity contribution < 1.29 is 19.5 Å². The summed E-state index contributed by atoms with van der Waals surface area (Å²) in [6.07, 6.45) is 0.0755. The largest absolute Gasteiger partial charge is 0.478 e. The number of hydrogen-bond acceptors (Lipinski definition) is 3. The highest BCUT2D eigenvalue weighted by Crippen LogP contribution is 2.28. The first-order valence-electron chi connectivity index (χ1n) is 5.83. The SMILES string of the molecule is Cc1ccc(C(=O)O)cc1N1CC(C(N)=O)CC1=O. The Morgan fingerprint density at radius 1 is 1.42 bits per heavy atom. The molecule has 1 saturated heterocycles. The van der Waals surface area contributed by atoms with E-state index in [1.807, 2.05) is 0 Å². The monoisotopic (exact) mass is 262 g/mol. The van der Waals surface area contributed by atoms with Gasteiger partial charge in [-0.1, -0.05) is 6.07 Å². The first kappa shape index (κ1) is 13.1. The third-order valence-electron chi connectivity index (χ3n) is 3.27. The zero-order chi connectivity index (χ0) is 14.2. The predicted octanol–water partition coefficient (Wildman–Crippen LogP) is 0.531. The summed E-state index contributed by atoms with van der Waals surface area (Å²) in [4.78, 5) is 35.4. The molecule has 0 saturated carbocycles. The van der Waals surface area contributed by atoms with Crippen molar-refractivity contribution in [2.24, 2.45) is 11.7 Å². The van der Waals surface area contributed by atoms with E-state index >= 15 is 0 Å². The van der Waals surface area contributed by atoms with Gasteiger partial charge >= 0.3 is 5.97 Å². The number of aryl methyl sites for hydroxylation is 1. The number of carboxylic acid groups (broad SMARTS) is 1. The van der Waals surface area contributed by atoms with Crippen LogP contribution in [0.25, 0.3) is 0 Å². The van der Waals surface area contributed by atoms with E-state index in [1.54, 1.807) is 13.0 Å². The first-order chi connectivity index (χ1) is 8.90. The standard InChI is InChI=1S/C13H14N2O4/c1-7-2-3-8(13(18)19)4-10(7)15-6-9(12(14)17)5-11(15)16/h2-4,9H,5-6H2,1H3,(H2,14,17)(H,18,19). The van der Waals surface area contributed by atoms with E-state index in [1.165, 1.54) is 17.0 Å². The van der Waals surface area contributed by atoms with Gasteiger partial charge in [0.2, 0.25) is 11.8 Å². The molecule has 2 amide bonds. The Balaban J connectivity index is 2.36. The van der Waals surface area contributed by atoms with Crippen LogP contribution in [-0.2, 0) is 9.59 Å². The number of hydrogen-bond donors (Lipinski definition) is 2. The van der Waals surface area contributed by atoms with Crippen LogP contribution in [0, 0.1) is 12.8 Å². The maximum absolute atomic E-state index is 11.9. The highest BCUT2D eigenvalue weighted by Gasteiger charge is 2.34. The number of carbonyl (C=O) groups excluding carboxylic acids is 2. The molecule has 1 aliphatic heterocycles. The minimum atomic E-state index is -1.06. The fourth-order valence-electron chi connectivity index (χ4n) is 2.16. The molecule has 3 N–H and O–H groups in total.